The van der Waals surface area contributed by atoms with E-state index in [1.54, 1.807) is 18.2 Å². The molecule has 100 valence electrons. The number of halogens is 1. The normalized spacial score (nSPS) is 12.8. The Balaban J connectivity index is 2.00. The highest BCUT2D eigenvalue weighted by Crippen LogP contribution is 2.33. The molecule has 0 radical (unpaired) electrons. The van der Waals surface area contributed by atoms with Gasteiger partial charge in [-0.25, -0.2) is 4.98 Å². The average molecular weight is 286 g/mol. The molecule has 1 aromatic heterocycles. The van der Waals surface area contributed by atoms with Crippen molar-refractivity contribution in [2.45, 2.75) is 19.3 Å². The van der Waals surface area contributed by atoms with Gasteiger partial charge >= 0.3 is 0 Å². The molecule has 0 saturated carbocycles. The third-order valence-electron chi connectivity index (χ3n) is 3.30. The molecule has 20 heavy (non-hydrogen) atoms. The van der Waals surface area contributed by atoms with Crippen molar-refractivity contribution in [3.8, 4) is 17.7 Å². The molecule has 0 saturated heterocycles. The molecule has 1 aromatic carbocycles. The molecule has 0 unspecified atom stereocenters. The quantitative estimate of drug-likeness (QED) is 0.858. The summed E-state index contributed by atoms with van der Waals surface area (Å²) in [5.41, 5.74) is 8.77. The van der Waals surface area contributed by atoms with Crippen LogP contribution in [0.25, 0.3) is 0 Å². The third kappa shape index (κ3) is 2.28. The predicted molar refractivity (Wildman–Crippen MR) is 76.9 cm³/mol. The summed E-state index contributed by atoms with van der Waals surface area (Å²) in [6.45, 7) is 0. The second-order valence-corrected chi connectivity index (χ2v) is 5.11. The number of nitriles is 1. The Morgan fingerprint density at radius 1 is 1.30 bits per heavy atom. The zero-order chi connectivity index (χ0) is 14.1. The van der Waals surface area contributed by atoms with Crippen LogP contribution >= 0.6 is 11.6 Å². The number of nitrogens with zero attached hydrogens (tertiary/aromatic N) is 2. The zero-order valence-electron chi connectivity index (χ0n) is 10.7. The minimum absolute atomic E-state index is 0.305. The van der Waals surface area contributed by atoms with Gasteiger partial charge in [-0.1, -0.05) is 11.6 Å². The maximum Gasteiger partial charge on any atom is 0.237 e. The maximum absolute atomic E-state index is 9.22. The Kier molecular flexibility index (Phi) is 3.21. The van der Waals surface area contributed by atoms with Crippen molar-refractivity contribution in [1.82, 2.24) is 4.98 Å². The van der Waals surface area contributed by atoms with Crippen LogP contribution in [-0.4, -0.2) is 4.98 Å². The Hall–Kier alpha value is -2.25. The fraction of sp³-hybridized carbons (Fsp3) is 0.200. The van der Waals surface area contributed by atoms with Gasteiger partial charge in [0.15, 0.2) is 0 Å². The van der Waals surface area contributed by atoms with Gasteiger partial charge in [-0.2, -0.15) is 5.26 Å². The van der Waals surface area contributed by atoms with E-state index in [9.17, 15) is 5.26 Å². The van der Waals surface area contributed by atoms with E-state index in [2.05, 4.69) is 11.1 Å². The van der Waals surface area contributed by atoms with Crippen molar-refractivity contribution < 1.29 is 4.74 Å². The van der Waals surface area contributed by atoms with Crippen molar-refractivity contribution in [2.24, 2.45) is 0 Å². The Labute approximate surface area is 121 Å². The van der Waals surface area contributed by atoms with Crippen LogP contribution in [0, 0.1) is 11.3 Å². The molecule has 0 aliphatic heterocycles. The van der Waals surface area contributed by atoms with E-state index in [4.69, 9.17) is 22.1 Å². The first-order valence-corrected chi connectivity index (χ1v) is 6.71. The van der Waals surface area contributed by atoms with Crippen molar-refractivity contribution in [1.29, 1.82) is 5.26 Å². The van der Waals surface area contributed by atoms with Crippen LogP contribution in [0.4, 0.5) is 5.69 Å². The number of rotatable bonds is 2. The smallest absolute Gasteiger partial charge is 0.237 e. The summed E-state index contributed by atoms with van der Waals surface area (Å²) in [7, 11) is 0. The van der Waals surface area contributed by atoms with Gasteiger partial charge in [-0.05, 0) is 49.1 Å². The lowest BCUT2D eigenvalue weighted by atomic mass is 10.1. The van der Waals surface area contributed by atoms with Gasteiger partial charge in [-0.15, -0.1) is 0 Å². The van der Waals surface area contributed by atoms with E-state index in [0.29, 0.717) is 27.9 Å². The van der Waals surface area contributed by atoms with Crippen molar-refractivity contribution in [3.05, 3.63) is 46.1 Å². The Bertz CT molecular complexity index is 722. The number of aromatic nitrogens is 1. The van der Waals surface area contributed by atoms with Gasteiger partial charge in [0.1, 0.15) is 17.4 Å². The Morgan fingerprint density at radius 2 is 2.15 bits per heavy atom. The average Bonchev–Trinajstić information content (AvgIpc) is 2.88. The number of fused-ring (bicyclic) bond motifs is 1. The van der Waals surface area contributed by atoms with E-state index in [0.717, 1.165) is 30.5 Å². The molecule has 4 nitrogen and oxygen atoms in total. The number of benzene rings is 1. The molecule has 1 aliphatic rings. The zero-order valence-corrected chi connectivity index (χ0v) is 11.4. The largest absolute Gasteiger partial charge is 0.436 e. The number of aryl methyl sites for hydroxylation is 2. The van der Waals surface area contributed by atoms with E-state index in [1.807, 2.05) is 6.07 Å². The number of pyridine rings is 1. The molecule has 1 heterocycles. The molecule has 0 amide bonds. The summed E-state index contributed by atoms with van der Waals surface area (Å²) >= 11 is 6.08. The van der Waals surface area contributed by atoms with Gasteiger partial charge in [0.2, 0.25) is 5.88 Å². The molecule has 0 bridgehead atoms. The van der Waals surface area contributed by atoms with Crippen LogP contribution in [-0.2, 0) is 12.8 Å². The maximum atomic E-state index is 9.22. The molecule has 0 fully saturated rings. The summed E-state index contributed by atoms with van der Waals surface area (Å²) < 4.78 is 5.69. The minimum Gasteiger partial charge on any atom is -0.436 e. The van der Waals surface area contributed by atoms with Gasteiger partial charge in [0, 0.05) is 11.4 Å². The molecular formula is C15H12ClN3O. The number of nitrogen functional groups attached to an aromatic ring is 1. The summed E-state index contributed by atoms with van der Waals surface area (Å²) in [6.07, 6.45) is 2.96. The predicted octanol–water partition coefficient (Wildman–Crippen LogP) is 3.47. The lowest BCUT2D eigenvalue weighted by molar-refractivity contribution is 0.459. The summed E-state index contributed by atoms with van der Waals surface area (Å²) in [4.78, 5) is 4.45. The lowest BCUT2D eigenvalue weighted by Gasteiger charge is -2.10. The molecule has 1 aliphatic carbocycles. The second-order valence-electron chi connectivity index (χ2n) is 4.70. The van der Waals surface area contributed by atoms with Crippen molar-refractivity contribution in [2.75, 3.05) is 5.73 Å². The van der Waals surface area contributed by atoms with Gasteiger partial charge in [0.05, 0.1) is 5.02 Å². The number of nitrogens with two attached hydrogens (primary N) is 1. The monoisotopic (exact) mass is 285 g/mol. The summed E-state index contributed by atoms with van der Waals surface area (Å²) in [6, 6.07) is 8.95. The van der Waals surface area contributed by atoms with Crippen LogP contribution in [0.3, 0.4) is 0 Å². The first-order chi connectivity index (χ1) is 9.67. The van der Waals surface area contributed by atoms with Crippen LogP contribution in [0.5, 0.6) is 11.6 Å². The van der Waals surface area contributed by atoms with Crippen molar-refractivity contribution in [3.63, 3.8) is 0 Å². The van der Waals surface area contributed by atoms with Crippen LogP contribution in [0.1, 0.15) is 23.2 Å². The molecule has 2 N–H and O–H groups in total. The van der Waals surface area contributed by atoms with Gasteiger partial charge in [-0.3, -0.25) is 0 Å². The molecular weight excluding hydrogens is 274 g/mol. The van der Waals surface area contributed by atoms with Crippen LogP contribution < -0.4 is 10.5 Å². The van der Waals surface area contributed by atoms with Crippen molar-refractivity contribution >= 4 is 17.3 Å². The number of ether oxygens (including phenoxy) is 1. The number of anilines is 1. The first-order valence-electron chi connectivity index (χ1n) is 6.33. The van der Waals surface area contributed by atoms with Crippen LogP contribution in [0.2, 0.25) is 5.02 Å². The highest BCUT2D eigenvalue weighted by molar-refractivity contribution is 6.32. The number of hydrogen-bond acceptors (Lipinski definition) is 4. The highest BCUT2D eigenvalue weighted by atomic mass is 35.5. The molecule has 0 spiro atoms. The summed E-state index contributed by atoms with van der Waals surface area (Å²) in [5, 5.41) is 9.62. The highest BCUT2D eigenvalue weighted by Gasteiger charge is 2.18. The van der Waals surface area contributed by atoms with Gasteiger partial charge in [0.25, 0.3) is 0 Å². The third-order valence-corrected chi connectivity index (χ3v) is 3.59. The molecule has 0 atom stereocenters. The van der Waals surface area contributed by atoms with E-state index >= 15 is 0 Å². The minimum atomic E-state index is 0.305. The fourth-order valence-corrected chi connectivity index (χ4v) is 2.54. The second kappa shape index (κ2) is 5.03. The lowest BCUT2D eigenvalue weighted by Crippen LogP contribution is -1.98. The fourth-order valence-electron chi connectivity index (χ4n) is 2.31. The first kappa shape index (κ1) is 12.8. The van der Waals surface area contributed by atoms with E-state index in [1.165, 1.54) is 0 Å². The topological polar surface area (TPSA) is 71.9 Å². The molecule has 3 rings (SSSR count). The standard InChI is InChI=1S/C15H12ClN3O/c16-12-7-11(18)4-5-14(12)20-15-10(8-17)6-9-2-1-3-13(9)19-15/h4-7H,1-3,18H2. The number of hydrogen-bond donors (Lipinski definition) is 1. The van der Waals surface area contributed by atoms with Crippen LogP contribution in [0.15, 0.2) is 24.3 Å². The Morgan fingerprint density at radius 3 is 2.90 bits per heavy atom. The van der Waals surface area contributed by atoms with Gasteiger partial charge < -0.3 is 10.5 Å². The van der Waals surface area contributed by atoms with E-state index in [-0.39, 0.29) is 0 Å². The molecule has 2 aromatic rings. The van der Waals surface area contributed by atoms with E-state index < -0.39 is 0 Å². The SMILES string of the molecule is N#Cc1cc2c(nc1Oc1ccc(N)cc1Cl)CCC2. The summed E-state index contributed by atoms with van der Waals surface area (Å²) in [5.74, 6) is 0.752. The molecule has 5 heteroatoms.